The van der Waals surface area contributed by atoms with Crippen molar-refractivity contribution in [3.8, 4) is 23.0 Å². The monoisotopic (exact) mass is 345 g/mol. The first-order valence-electron chi connectivity index (χ1n) is 7.96. The van der Waals surface area contributed by atoms with Crippen molar-refractivity contribution in [2.24, 2.45) is 0 Å². The summed E-state index contributed by atoms with van der Waals surface area (Å²) in [6.45, 7) is 4.10. The second-order valence-corrected chi connectivity index (χ2v) is 5.97. The second-order valence-electron chi connectivity index (χ2n) is 5.97. The van der Waals surface area contributed by atoms with E-state index in [9.17, 15) is 0 Å². The van der Waals surface area contributed by atoms with Crippen LogP contribution in [0.15, 0.2) is 41.1 Å². The summed E-state index contributed by atoms with van der Waals surface area (Å²) in [6.07, 6.45) is 4.31. The maximum Gasteiger partial charge on any atom is 0.278 e. The predicted octanol–water partition coefficient (Wildman–Crippen LogP) is 3.25. The summed E-state index contributed by atoms with van der Waals surface area (Å²) >= 11 is 0. The van der Waals surface area contributed by atoms with Crippen LogP contribution in [0.2, 0.25) is 0 Å². The number of benzene rings is 1. The van der Waals surface area contributed by atoms with Crippen molar-refractivity contribution in [1.82, 2.24) is 25.2 Å². The maximum atomic E-state index is 5.38. The van der Waals surface area contributed by atoms with Crippen molar-refractivity contribution in [2.75, 3.05) is 13.1 Å². The highest BCUT2D eigenvalue weighted by Crippen LogP contribution is 2.23. The minimum absolute atomic E-state index is 0. The standard InChI is InChI=1S/C17H19N5O.ClH/c1-12-4-6-13(7-5-12)16-19-17(23-21-16)15-8-10-22(20-15)14-3-2-9-18-11-14;/h4-8,10,14,18H,2-3,9,11H2,1H3;1H. The van der Waals surface area contributed by atoms with Gasteiger partial charge in [0.2, 0.25) is 5.82 Å². The molecular weight excluding hydrogens is 326 g/mol. The molecule has 0 spiro atoms. The van der Waals surface area contributed by atoms with Gasteiger partial charge in [0.05, 0.1) is 6.04 Å². The van der Waals surface area contributed by atoms with E-state index in [0.717, 1.165) is 30.8 Å². The van der Waals surface area contributed by atoms with Gasteiger partial charge >= 0.3 is 0 Å². The maximum absolute atomic E-state index is 5.38. The van der Waals surface area contributed by atoms with E-state index < -0.39 is 0 Å². The second kappa shape index (κ2) is 7.15. The molecule has 0 saturated carbocycles. The molecule has 126 valence electrons. The molecule has 1 atom stereocenters. The Balaban J connectivity index is 0.00000169. The molecule has 3 heterocycles. The van der Waals surface area contributed by atoms with E-state index in [2.05, 4.69) is 27.5 Å². The highest BCUT2D eigenvalue weighted by molar-refractivity contribution is 5.85. The minimum Gasteiger partial charge on any atom is -0.332 e. The highest BCUT2D eigenvalue weighted by atomic mass is 35.5. The van der Waals surface area contributed by atoms with E-state index in [4.69, 9.17) is 4.52 Å². The third kappa shape index (κ3) is 3.34. The number of aromatic nitrogens is 4. The number of aryl methyl sites for hydroxylation is 1. The minimum atomic E-state index is 0. The number of halogens is 1. The molecule has 3 aromatic rings. The van der Waals surface area contributed by atoms with Crippen molar-refractivity contribution in [3.05, 3.63) is 42.1 Å². The zero-order valence-corrected chi connectivity index (χ0v) is 14.3. The number of nitrogens with one attached hydrogen (secondary N) is 1. The number of piperidine rings is 1. The van der Waals surface area contributed by atoms with E-state index in [-0.39, 0.29) is 12.4 Å². The smallest absolute Gasteiger partial charge is 0.278 e. The molecule has 1 aliphatic rings. The summed E-state index contributed by atoms with van der Waals surface area (Å²) in [7, 11) is 0. The molecule has 24 heavy (non-hydrogen) atoms. The van der Waals surface area contributed by atoms with Crippen LogP contribution in [0.25, 0.3) is 23.0 Å². The zero-order valence-electron chi connectivity index (χ0n) is 13.5. The summed E-state index contributed by atoms with van der Waals surface area (Å²) < 4.78 is 7.38. The Morgan fingerprint density at radius 3 is 2.79 bits per heavy atom. The Hall–Kier alpha value is -2.18. The molecule has 7 heteroatoms. The fourth-order valence-corrected chi connectivity index (χ4v) is 2.86. The Morgan fingerprint density at radius 1 is 1.21 bits per heavy atom. The van der Waals surface area contributed by atoms with Gasteiger partial charge in [-0.15, -0.1) is 12.4 Å². The van der Waals surface area contributed by atoms with E-state index in [0.29, 0.717) is 17.8 Å². The molecule has 0 bridgehead atoms. The lowest BCUT2D eigenvalue weighted by Gasteiger charge is -2.22. The summed E-state index contributed by atoms with van der Waals surface area (Å²) in [6, 6.07) is 10.4. The molecule has 1 fully saturated rings. The van der Waals surface area contributed by atoms with Crippen LogP contribution < -0.4 is 5.32 Å². The molecule has 0 amide bonds. The van der Waals surface area contributed by atoms with Crippen LogP contribution in [-0.4, -0.2) is 33.0 Å². The van der Waals surface area contributed by atoms with Crippen LogP contribution in [0.5, 0.6) is 0 Å². The predicted molar refractivity (Wildman–Crippen MR) is 94.1 cm³/mol. The van der Waals surface area contributed by atoms with Crippen LogP contribution in [-0.2, 0) is 0 Å². The quantitative estimate of drug-likeness (QED) is 0.789. The van der Waals surface area contributed by atoms with Crippen molar-refractivity contribution in [3.63, 3.8) is 0 Å². The van der Waals surface area contributed by atoms with Crippen LogP contribution in [0.3, 0.4) is 0 Å². The molecule has 1 unspecified atom stereocenters. The fourth-order valence-electron chi connectivity index (χ4n) is 2.86. The van der Waals surface area contributed by atoms with Gasteiger partial charge in [0.15, 0.2) is 5.69 Å². The van der Waals surface area contributed by atoms with Gasteiger partial charge in [-0.25, -0.2) is 0 Å². The lowest BCUT2D eigenvalue weighted by atomic mass is 10.1. The molecule has 6 nitrogen and oxygen atoms in total. The molecule has 2 aromatic heterocycles. The van der Waals surface area contributed by atoms with Gasteiger partial charge in [-0.05, 0) is 32.4 Å². The van der Waals surface area contributed by atoms with Crippen molar-refractivity contribution < 1.29 is 4.52 Å². The third-order valence-corrected chi connectivity index (χ3v) is 4.21. The molecule has 1 saturated heterocycles. The first-order valence-corrected chi connectivity index (χ1v) is 7.96. The molecule has 1 aliphatic heterocycles. The number of rotatable bonds is 3. The largest absolute Gasteiger partial charge is 0.332 e. The SMILES string of the molecule is Cc1ccc(-c2noc(-c3ccn(C4CCCNC4)n3)n2)cc1.Cl. The van der Waals surface area contributed by atoms with Crippen molar-refractivity contribution in [2.45, 2.75) is 25.8 Å². The van der Waals surface area contributed by atoms with E-state index in [1.54, 1.807) is 0 Å². The third-order valence-electron chi connectivity index (χ3n) is 4.21. The molecule has 4 rings (SSSR count). The average Bonchev–Trinajstić information content (AvgIpc) is 3.26. The zero-order chi connectivity index (χ0) is 15.6. The normalized spacial score (nSPS) is 17.5. The van der Waals surface area contributed by atoms with Gasteiger partial charge in [0, 0.05) is 18.3 Å². The Labute approximate surface area is 146 Å². The highest BCUT2D eigenvalue weighted by Gasteiger charge is 2.18. The van der Waals surface area contributed by atoms with Crippen LogP contribution >= 0.6 is 12.4 Å². The Kier molecular flexibility index (Phi) is 4.97. The van der Waals surface area contributed by atoms with Crippen LogP contribution in [0.4, 0.5) is 0 Å². The molecule has 1 N–H and O–H groups in total. The van der Waals surface area contributed by atoms with Crippen LogP contribution in [0.1, 0.15) is 24.4 Å². The van der Waals surface area contributed by atoms with Gasteiger partial charge in [0.25, 0.3) is 5.89 Å². The summed E-state index contributed by atoms with van der Waals surface area (Å²) in [5, 5.41) is 12.1. The number of hydrogen-bond donors (Lipinski definition) is 1. The van der Waals surface area contributed by atoms with Crippen molar-refractivity contribution in [1.29, 1.82) is 0 Å². The number of hydrogen-bond acceptors (Lipinski definition) is 5. The van der Waals surface area contributed by atoms with Gasteiger partial charge in [-0.1, -0.05) is 35.0 Å². The van der Waals surface area contributed by atoms with E-state index in [1.807, 2.05) is 41.2 Å². The van der Waals surface area contributed by atoms with Gasteiger partial charge in [-0.3, -0.25) is 4.68 Å². The van der Waals surface area contributed by atoms with E-state index in [1.165, 1.54) is 12.0 Å². The fraction of sp³-hybridized carbons (Fsp3) is 0.353. The lowest BCUT2D eigenvalue weighted by Crippen LogP contribution is -2.31. The van der Waals surface area contributed by atoms with Crippen LogP contribution in [0, 0.1) is 6.92 Å². The van der Waals surface area contributed by atoms with Gasteiger partial charge in [0.1, 0.15) is 0 Å². The Bertz CT molecular complexity index is 789. The molecule has 0 aliphatic carbocycles. The van der Waals surface area contributed by atoms with Gasteiger partial charge < -0.3 is 9.84 Å². The Morgan fingerprint density at radius 2 is 2.04 bits per heavy atom. The lowest BCUT2D eigenvalue weighted by molar-refractivity contribution is 0.346. The van der Waals surface area contributed by atoms with E-state index >= 15 is 0 Å². The topological polar surface area (TPSA) is 68.8 Å². The first-order chi connectivity index (χ1) is 11.3. The molecule has 1 aromatic carbocycles. The molecular formula is C17H20ClN5O. The van der Waals surface area contributed by atoms with Crippen molar-refractivity contribution >= 4 is 12.4 Å². The summed E-state index contributed by atoms with van der Waals surface area (Å²) in [4.78, 5) is 4.47. The average molecular weight is 346 g/mol. The summed E-state index contributed by atoms with van der Waals surface area (Å²) in [5.41, 5.74) is 2.88. The number of nitrogens with zero attached hydrogens (tertiary/aromatic N) is 4. The van der Waals surface area contributed by atoms with Gasteiger partial charge in [-0.2, -0.15) is 10.1 Å². The molecule has 0 radical (unpaired) electrons. The first kappa shape index (κ1) is 16.7. The summed E-state index contributed by atoms with van der Waals surface area (Å²) in [5.74, 6) is 1.05.